The third-order valence-corrected chi connectivity index (χ3v) is 2.73. The maximum absolute atomic E-state index is 11.0. The maximum Gasteiger partial charge on any atom is 0.519 e. The SMILES string of the molecule is O=C(O)[N+]12CCCC=C1CNC2. The van der Waals surface area contributed by atoms with E-state index in [-0.39, 0.29) is 4.48 Å². The lowest BCUT2D eigenvalue weighted by atomic mass is 10.1. The molecule has 0 bridgehead atoms. The summed E-state index contributed by atoms with van der Waals surface area (Å²) in [6.07, 6.45) is 3.37. The lowest BCUT2D eigenvalue weighted by Crippen LogP contribution is -2.51. The number of allylic oxidation sites excluding steroid dienone is 1. The molecular weight excluding hydrogens is 156 g/mol. The number of nitrogens with one attached hydrogen (secondary N) is 1. The Morgan fingerprint density at radius 3 is 3.17 bits per heavy atom. The third-order valence-electron chi connectivity index (χ3n) is 2.73. The molecule has 0 aromatic rings. The average molecular weight is 169 g/mol. The van der Waals surface area contributed by atoms with Crippen molar-refractivity contribution in [3.05, 3.63) is 11.8 Å². The van der Waals surface area contributed by atoms with Crippen molar-refractivity contribution in [2.24, 2.45) is 0 Å². The molecule has 0 radical (unpaired) electrons. The van der Waals surface area contributed by atoms with E-state index >= 15 is 0 Å². The highest BCUT2D eigenvalue weighted by Crippen LogP contribution is 2.27. The summed E-state index contributed by atoms with van der Waals surface area (Å²) < 4.78 is 0.139. The molecule has 1 amide bonds. The minimum Gasteiger partial charge on any atom is -0.435 e. The van der Waals surface area contributed by atoms with E-state index < -0.39 is 6.09 Å². The number of hydrogen-bond acceptors (Lipinski definition) is 2. The second-order valence-electron chi connectivity index (χ2n) is 3.40. The van der Waals surface area contributed by atoms with Crippen molar-refractivity contribution in [3.8, 4) is 0 Å². The summed E-state index contributed by atoms with van der Waals surface area (Å²) in [5.74, 6) is 0. The highest BCUT2D eigenvalue weighted by Gasteiger charge is 2.46. The van der Waals surface area contributed by atoms with Gasteiger partial charge in [-0.25, -0.2) is 0 Å². The van der Waals surface area contributed by atoms with E-state index in [0.29, 0.717) is 6.67 Å². The van der Waals surface area contributed by atoms with Crippen LogP contribution in [0.2, 0.25) is 0 Å². The Hall–Kier alpha value is -0.870. The summed E-state index contributed by atoms with van der Waals surface area (Å²) in [5.41, 5.74) is 1.04. The smallest absolute Gasteiger partial charge is 0.435 e. The van der Waals surface area contributed by atoms with Crippen LogP contribution in [0.5, 0.6) is 0 Å². The molecule has 2 aliphatic rings. The number of rotatable bonds is 0. The minimum atomic E-state index is -0.717. The molecule has 1 unspecified atom stereocenters. The van der Waals surface area contributed by atoms with E-state index in [1.165, 1.54) is 0 Å². The fraction of sp³-hybridized carbons (Fsp3) is 0.625. The zero-order valence-electron chi connectivity index (χ0n) is 6.92. The zero-order chi connectivity index (χ0) is 8.60. The number of amides is 1. The first-order chi connectivity index (χ1) is 5.76. The number of fused-ring (bicyclic) bond motifs is 1. The van der Waals surface area contributed by atoms with Gasteiger partial charge in [0.15, 0.2) is 0 Å². The summed E-state index contributed by atoms with van der Waals surface area (Å²) in [6, 6.07) is 0. The standard InChI is InChI=1S/C8H12N2O2/c11-8(12)10-4-2-1-3-7(10)5-9-6-10/h3,9H,1-2,4-6H2/p+1. The van der Waals surface area contributed by atoms with Crippen LogP contribution >= 0.6 is 0 Å². The van der Waals surface area contributed by atoms with Crippen molar-refractivity contribution >= 4 is 6.09 Å². The van der Waals surface area contributed by atoms with Gasteiger partial charge < -0.3 is 5.11 Å². The average Bonchev–Trinajstić information content (AvgIpc) is 2.48. The first-order valence-electron chi connectivity index (χ1n) is 4.26. The number of carboxylic acid groups (broad SMARTS) is 1. The summed E-state index contributed by atoms with van der Waals surface area (Å²) in [4.78, 5) is 11.0. The van der Waals surface area contributed by atoms with Crippen molar-refractivity contribution in [3.63, 3.8) is 0 Å². The molecule has 2 heterocycles. The van der Waals surface area contributed by atoms with Gasteiger partial charge in [-0.15, -0.1) is 0 Å². The lowest BCUT2D eigenvalue weighted by Gasteiger charge is -2.30. The van der Waals surface area contributed by atoms with Crippen molar-refractivity contribution in [1.82, 2.24) is 5.32 Å². The Bertz CT molecular complexity index is 249. The van der Waals surface area contributed by atoms with E-state index in [1.54, 1.807) is 0 Å². The van der Waals surface area contributed by atoms with Crippen LogP contribution in [0.25, 0.3) is 0 Å². The summed E-state index contributed by atoms with van der Waals surface area (Å²) in [5, 5.41) is 12.2. The molecule has 1 saturated heterocycles. The fourth-order valence-corrected chi connectivity index (χ4v) is 2.01. The Morgan fingerprint density at radius 1 is 1.67 bits per heavy atom. The van der Waals surface area contributed by atoms with Crippen molar-refractivity contribution < 1.29 is 14.4 Å². The number of carbonyl (C=O) groups is 1. The molecule has 0 aromatic carbocycles. The van der Waals surface area contributed by atoms with Gasteiger partial charge in [-0.05, 0) is 12.5 Å². The van der Waals surface area contributed by atoms with E-state index in [4.69, 9.17) is 5.11 Å². The molecule has 0 aliphatic carbocycles. The molecule has 2 N–H and O–H groups in total. The maximum atomic E-state index is 11.0. The van der Waals surface area contributed by atoms with Gasteiger partial charge in [-0.1, -0.05) is 0 Å². The van der Waals surface area contributed by atoms with Gasteiger partial charge in [0.1, 0.15) is 12.4 Å². The zero-order valence-corrected chi connectivity index (χ0v) is 6.92. The first-order valence-corrected chi connectivity index (χ1v) is 4.26. The van der Waals surface area contributed by atoms with Gasteiger partial charge in [0.25, 0.3) is 0 Å². The highest BCUT2D eigenvalue weighted by molar-refractivity contribution is 5.59. The molecule has 12 heavy (non-hydrogen) atoms. The molecule has 2 rings (SSSR count). The second kappa shape index (κ2) is 2.57. The van der Waals surface area contributed by atoms with Crippen molar-refractivity contribution in [1.29, 1.82) is 0 Å². The molecule has 4 nitrogen and oxygen atoms in total. The molecular formula is C8H13N2O2+. The largest absolute Gasteiger partial charge is 0.519 e. The van der Waals surface area contributed by atoms with Gasteiger partial charge in [0.05, 0.1) is 13.1 Å². The van der Waals surface area contributed by atoms with E-state index in [1.807, 2.05) is 0 Å². The van der Waals surface area contributed by atoms with Crippen LogP contribution in [-0.2, 0) is 0 Å². The molecule has 1 atom stereocenters. The second-order valence-corrected chi connectivity index (χ2v) is 3.40. The lowest BCUT2D eigenvalue weighted by molar-refractivity contribution is -0.813. The van der Waals surface area contributed by atoms with Crippen LogP contribution in [0, 0.1) is 0 Å². The summed E-state index contributed by atoms with van der Waals surface area (Å²) >= 11 is 0. The van der Waals surface area contributed by atoms with E-state index in [2.05, 4.69) is 11.4 Å². The highest BCUT2D eigenvalue weighted by atomic mass is 16.4. The number of nitrogens with zero attached hydrogens (tertiary/aromatic N) is 1. The topological polar surface area (TPSA) is 49.3 Å². The van der Waals surface area contributed by atoms with Gasteiger partial charge in [0, 0.05) is 6.42 Å². The van der Waals surface area contributed by atoms with Gasteiger partial charge >= 0.3 is 6.09 Å². The normalized spacial score (nSPS) is 34.2. The molecule has 4 heteroatoms. The molecule has 0 saturated carbocycles. The molecule has 0 aromatic heterocycles. The van der Waals surface area contributed by atoms with Crippen LogP contribution in [-0.4, -0.2) is 35.4 Å². The minimum absolute atomic E-state index is 0.139. The number of hydrogen-bond donors (Lipinski definition) is 2. The van der Waals surface area contributed by atoms with Crippen molar-refractivity contribution in [2.45, 2.75) is 12.8 Å². The first kappa shape index (κ1) is 7.76. The van der Waals surface area contributed by atoms with Gasteiger partial charge in [-0.3, -0.25) is 5.32 Å². The van der Waals surface area contributed by atoms with E-state index in [9.17, 15) is 4.79 Å². The van der Waals surface area contributed by atoms with Crippen LogP contribution in [0.1, 0.15) is 12.8 Å². The van der Waals surface area contributed by atoms with Gasteiger partial charge in [0.2, 0.25) is 0 Å². The van der Waals surface area contributed by atoms with Crippen LogP contribution in [0.3, 0.4) is 0 Å². The van der Waals surface area contributed by atoms with E-state index in [0.717, 1.165) is 31.6 Å². The summed E-state index contributed by atoms with van der Waals surface area (Å²) in [6.45, 7) is 2.04. The molecule has 2 aliphatic heterocycles. The summed E-state index contributed by atoms with van der Waals surface area (Å²) in [7, 11) is 0. The quantitative estimate of drug-likeness (QED) is 0.525. The Labute approximate surface area is 71.1 Å². The predicted molar refractivity (Wildman–Crippen MR) is 43.3 cm³/mol. The Kier molecular flexibility index (Phi) is 1.66. The Morgan fingerprint density at radius 2 is 2.50 bits per heavy atom. The molecule has 66 valence electrons. The monoisotopic (exact) mass is 169 g/mol. The van der Waals surface area contributed by atoms with Crippen LogP contribution in [0.4, 0.5) is 4.79 Å². The van der Waals surface area contributed by atoms with Gasteiger partial charge in [-0.2, -0.15) is 9.28 Å². The van der Waals surface area contributed by atoms with Crippen LogP contribution < -0.4 is 5.32 Å². The Balaban J connectivity index is 2.37. The molecule has 0 spiro atoms. The fourth-order valence-electron chi connectivity index (χ4n) is 2.01. The third kappa shape index (κ3) is 0.884. The molecule has 1 fully saturated rings. The van der Waals surface area contributed by atoms with Crippen LogP contribution in [0.15, 0.2) is 11.8 Å². The number of quaternary nitrogens is 1. The van der Waals surface area contributed by atoms with Crippen molar-refractivity contribution in [2.75, 3.05) is 19.8 Å². The predicted octanol–water partition coefficient (Wildman–Crippen LogP) is 0.720.